The fraction of sp³-hybridized carbons (Fsp3) is 0.111. The third-order valence-corrected chi connectivity index (χ3v) is 4.84. The summed E-state index contributed by atoms with van der Waals surface area (Å²) in [5.74, 6) is 0.299. The zero-order valence-electron chi connectivity index (χ0n) is 13.0. The molecule has 2 aromatic heterocycles. The van der Waals surface area contributed by atoms with Gasteiger partial charge in [-0.15, -0.1) is 11.3 Å². The molecular weight excluding hydrogens is 342 g/mol. The molecule has 1 aromatic carbocycles. The van der Waals surface area contributed by atoms with Crippen LogP contribution in [0.4, 0.5) is 0 Å². The van der Waals surface area contributed by atoms with Gasteiger partial charge >= 0.3 is 5.97 Å². The number of rotatable bonds is 6. The number of hydrogen-bond donors (Lipinski definition) is 0. The Morgan fingerprint density at radius 1 is 1.25 bits per heavy atom. The van der Waals surface area contributed by atoms with Crippen molar-refractivity contribution in [2.45, 2.75) is 6.61 Å². The second-order valence-corrected chi connectivity index (χ2v) is 6.48. The van der Waals surface area contributed by atoms with E-state index in [4.69, 9.17) is 9.47 Å². The van der Waals surface area contributed by atoms with E-state index in [1.807, 2.05) is 46.5 Å². The molecule has 122 valence electrons. The molecule has 0 aliphatic carbocycles. The van der Waals surface area contributed by atoms with Crippen LogP contribution in [0.2, 0.25) is 0 Å². The van der Waals surface area contributed by atoms with Crippen LogP contribution in [-0.4, -0.2) is 18.1 Å². The molecule has 0 radical (unpaired) electrons. The maximum Gasteiger partial charge on any atom is 0.331 e. The van der Waals surface area contributed by atoms with Crippen LogP contribution in [0.15, 0.2) is 52.5 Å². The van der Waals surface area contributed by atoms with E-state index in [1.54, 1.807) is 35.9 Å². The van der Waals surface area contributed by atoms with E-state index in [1.165, 1.54) is 6.08 Å². The predicted octanol–water partition coefficient (Wildman–Crippen LogP) is 4.64. The van der Waals surface area contributed by atoms with Gasteiger partial charge in [-0.05, 0) is 23.6 Å². The van der Waals surface area contributed by atoms with Gasteiger partial charge in [-0.1, -0.05) is 18.2 Å². The minimum atomic E-state index is -0.411. The van der Waals surface area contributed by atoms with Gasteiger partial charge in [0.05, 0.1) is 12.8 Å². The lowest BCUT2D eigenvalue weighted by molar-refractivity contribution is -0.139. The molecule has 0 unspecified atom stereocenters. The summed E-state index contributed by atoms with van der Waals surface area (Å²) in [6.07, 6.45) is 3.07. The lowest BCUT2D eigenvalue weighted by Crippen LogP contribution is -2.01. The number of carbonyl (C=O) groups excluding carboxylic acids is 1. The molecule has 4 nitrogen and oxygen atoms in total. The maximum atomic E-state index is 11.9. The van der Waals surface area contributed by atoms with E-state index in [0.29, 0.717) is 5.75 Å². The van der Waals surface area contributed by atoms with Crippen molar-refractivity contribution in [1.29, 1.82) is 0 Å². The summed E-state index contributed by atoms with van der Waals surface area (Å²) in [6.45, 7) is 0.162. The SMILES string of the molecule is COc1ccccc1/C=C/C(=O)OCc1csc(-c2ccsc2)n1. The standard InChI is InChI=1S/C18H15NO3S2/c1-21-16-5-3-2-4-13(16)6-7-17(20)22-10-15-12-24-18(19-15)14-8-9-23-11-14/h2-9,11-12H,10H2,1H3/b7-6+. The third kappa shape index (κ3) is 4.10. The summed E-state index contributed by atoms with van der Waals surface area (Å²) in [5, 5.41) is 6.90. The smallest absolute Gasteiger partial charge is 0.331 e. The van der Waals surface area contributed by atoms with Crippen LogP contribution in [0.3, 0.4) is 0 Å². The van der Waals surface area contributed by atoms with E-state index in [0.717, 1.165) is 21.8 Å². The van der Waals surface area contributed by atoms with Gasteiger partial charge in [0.1, 0.15) is 17.4 Å². The first-order valence-corrected chi connectivity index (χ1v) is 9.03. The predicted molar refractivity (Wildman–Crippen MR) is 97.3 cm³/mol. The van der Waals surface area contributed by atoms with E-state index < -0.39 is 5.97 Å². The Labute approximate surface area is 148 Å². The maximum absolute atomic E-state index is 11.9. The van der Waals surface area contributed by atoms with Crippen LogP contribution in [0.5, 0.6) is 5.75 Å². The van der Waals surface area contributed by atoms with Crippen LogP contribution in [-0.2, 0) is 16.1 Å². The van der Waals surface area contributed by atoms with Crippen molar-refractivity contribution >= 4 is 34.7 Å². The molecule has 0 amide bonds. The average molecular weight is 357 g/mol. The van der Waals surface area contributed by atoms with Crippen LogP contribution >= 0.6 is 22.7 Å². The zero-order chi connectivity index (χ0) is 16.8. The summed E-state index contributed by atoms with van der Waals surface area (Å²) in [5.41, 5.74) is 2.67. The van der Waals surface area contributed by atoms with Crippen LogP contribution in [0.25, 0.3) is 16.6 Å². The zero-order valence-corrected chi connectivity index (χ0v) is 14.6. The fourth-order valence-electron chi connectivity index (χ4n) is 2.05. The normalized spacial score (nSPS) is 10.9. The number of carbonyl (C=O) groups is 1. The molecular formula is C18H15NO3S2. The minimum Gasteiger partial charge on any atom is -0.496 e. The first-order chi connectivity index (χ1) is 11.8. The number of benzene rings is 1. The summed E-state index contributed by atoms with van der Waals surface area (Å²) >= 11 is 3.18. The molecule has 0 saturated carbocycles. The van der Waals surface area contributed by atoms with Crippen LogP contribution in [0.1, 0.15) is 11.3 Å². The number of methoxy groups -OCH3 is 1. The van der Waals surface area contributed by atoms with Gasteiger partial charge in [0, 0.05) is 28.0 Å². The van der Waals surface area contributed by atoms with Gasteiger partial charge in [-0.2, -0.15) is 11.3 Å². The Hall–Kier alpha value is -2.44. The summed E-state index contributed by atoms with van der Waals surface area (Å²) in [7, 11) is 1.60. The van der Waals surface area contributed by atoms with Gasteiger partial charge in [-0.3, -0.25) is 0 Å². The van der Waals surface area contributed by atoms with Gasteiger partial charge in [-0.25, -0.2) is 9.78 Å². The van der Waals surface area contributed by atoms with E-state index in [9.17, 15) is 4.79 Å². The van der Waals surface area contributed by atoms with Crippen LogP contribution < -0.4 is 4.74 Å². The lowest BCUT2D eigenvalue weighted by atomic mass is 10.2. The number of ether oxygens (including phenoxy) is 2. The van der Waals surface area contributed by atoms with Crippen molar-refractivity contribution in [2.24, 2.45) is 0 Å². The molecule has 0 bridgehead atoms. The number of para-hydroxylation sites is 1. The number of hydrogen-bond acceptors (Lipinski definition) is 6. The van der Waals surface area contributed by atoms with E-state index in [2.05, 4.69) is 4.98 Å². The highest BCUT2D eigenvalue weighted by molar-refractivity contribution is 7.14. The first kappa shape index (κ1) is 16.4. The molecule has 0 fully saturated rings. The molecule has 0 atom stereocenters. The molecule has 24 heavy (non-hydrogen) atoms. The molecule has 6 heteroatoms. The highest BCUT2D eigenvalue weighted by Gasteiger charge is 2.07. The molecule has 3 rings (SSSR count). The third-order valence-electron chi connectivity index (χ3n) is 3.22. The average Bonchev–Trinajstić information content (AvgIpc) is 3.29. The molecule has 0 saturated heterocycles. The van der Waals surface area contributed by atoms with E-state index >= 15 is 0 Å². The number of thiophene rings is 1. The fourth-order valence-corrected chi connectivity index (χ4v) is 3.56. The minimum absolute atomic E-state index is 0.162. The first-order valence-electron chi connectivity index (χ1n) is 7.21. The molecule has 3 aromatic rings. The number of nitrogens with zero attached hydrogens (tertiary/aromatic N) is 1. The van der Waals surface area contributed by atoms with Crippen LogP contribution in [0, 0.1) is 0 Å². The Morgan fingerprint density at radius 2 is 2.12 bits per heavy atom. The Kier molecular flexibility index (Phi) is 5.40. The monoisotopic (exact) mass is 357 g/mol. The van der Waals surface area contributed by atoms with Crippen molar-refractivity contribution in [2.75, 3.05) is 7.11 Å². The quantitative estimate of drug-likeness (QED) is 0.476. The molecule has 2 heterocycles. The van der Waals surface area contributed by atoms with Crippen molar-refractivity contribution in [1.82, 2.24) is 4.98 Å². The summed E-state index contributed by atoms with van der Waals surface area (Å²) < 4.78 is 10.5. The summed E-state index contributed by atoms with van der Waals surface area (Å²) in [4.78, 5) is 16.3. The highest BCUT2D eigenvalue weighted by Crippen LogP contribution is 2.26. The number of esters is 1. The van der Waals surface area contributed by atoms with Crippen molar-refractivity contribution in [3.8, 4) is 16.3 Å². The molecule has 0 aliphatic heterocycles. The van der Waals surface area contributed by atoms with Crippen molar-refractivity contribution < 1.29 is 14.3 Å². The van der Waals surface area contributed by atoms with Gasteiger partial charge < -0.3 is 9.47 Å². The molecule has 0 spiro atoms. The highest BCUT2D eigenvalue weighted by atomic mass is 32.1. The Morgan fingerprint density at radius 3 is 2.92 bits per heavy atom. The Balaban J connectivity index is 1.57. The van der Waals surface area contributed by atoms with Gasteiger partial charge in [0.25, 0.3) is 0 Å². The van der Waals surface area contributed by atoms with Gasteiger partial charge in [0.15, 0.2) is 0 Å². The second-order valence-electron chi connectivity index (χ2n) is 4.84. The van der Waals surface area contributed by atoms with Crippen molar-refractivity contribution in [3.63, 3.8) is 0 Å². The number of aromatic nitrogens is 1. The lowest BCUT2D eigenvalue weighted by Gasteiger charge is -2.03. The van der Waals surface area contributed by atoms with E-state index in [-0.39, 0.29) is 6.61 Å². The topological polar surface area (TPSA) is 48.4 Å². The van der Waals surface area contributed by atoms with Crippen molar-refractivity contribution in [3.05, 3.63) is 63.8 Å². The largest absolute Gasteiger partial charge is 0.496 e. The summed E-state index contributed by atoms with van der Waals surface area (Å²) in [6, 6.07) is 9.49. The number of thiazole rings is 1. The second kappa shape index (κ2) is 7.90. The Bertz CT molecular complexity index is 838. The molecule has 0 N–H and O–H groups in total. The van der Waals surface area contributed by atoms with Gasteiger partial charge in [0.2, 0.25) is 0 Å². The molecule has 0 aliphatic rings.